The molecule has 8 aromatic rings. The second kappa shape index (κ2) is 11.0. The Hall–Kier alpha value is -6.32. The molecule has 4 aromatic carbocycles. The quantitative estimate of drug-likeness (QED) is 0.155. The van der Waals surface area contributed by atoms with Crippen molar-refractivity contribution < 1.29 is 0 Å². The largest absolute Gasteiger partial charge is 0.268 e. The molecule has 0 aliphatic rings. The van der Waals surface area contributed by atoms with Gasteiger partial charge in [0.15, 0.2) is 0 Å². The molecule has 0 fully saturated rings. The molecule has 4 heterocycles. The van der Waals surface area contributed by atoms with Gasteiger partial charge in [-0.2, -0.15) is 0 Å². The lowest BCUT2D eigenvalue weighted by molar-refractivity contribution is 0.867. The molecule has 6 nitrogen and oxygen atoms in total. The van der Waals surface area contributed by atoms with Gasteiger partial charge in [-0.1, -0.05) is 78.7 Å². The van der Waals surface area contributed by atoms with E-state index in [-0.39, 0.29) is 17.0 Å². The number of hydrogen-bond acceptors (Lipinski definition) is 4. The zero-order valence-corrected chi connectivity index (χ0v) is 24.7. The third-order valence-electron chi connectivity index (χ3n) is 8.64. The number of nitrogens with zero attached hydrogens (tertiary/aromatic N) is 4. The Morgan fingerprint density at radius 1 is 0.609 bits per heavy atom. The third-order valence-corrected chi connectivity index (χ3v) is 8.64. The van der Waals surface area contributed by atoms with Crippen molar-refractivity contribution in [2.45, 2.75) is 12.3 Å². The molecule has 218 valence electrons. The molecule has 0 saturated carbocycles. The van der Waals surface area contributed by atoms with Crippen molar-refractivity contribution in [3.05, 3.63) is 166 Å². The van der Waals surface area contributed by atoms with Crippen LogP contribution in [-0.4, -0.2) is 18.8 Å². The number of pyridine rings is 2. The van der Waals surface area contributed by atoms with E-state index in [1.165, 1.54) is 0 Å². The van der Waals surface area contributed by atoms with Crippen molar-refractivity contribution in [2.24, 2.45) is 0 Å². The fourth-order valence-corrected chi connectivity index (χ4v) is 6.37. The van der Waals surface area contributed by atoms with E-state index >= 15 is 0 Å². The number of hydrogen-bond donors (Lipinski definition) is 0. The van der Waals surface area contributed by atoms with Gasteiger partial charge in [-0.25, -0.2) is 9.97 Å². The average Bonchev–Trinajstić information content (AvgIpc) is 3.10. The van der Waals surface area contributed by atoms with Crippen LogP contribution in [0.4, 0.5) is 0 Å². The van der Waals surface area contributed by atoms with Gasteiger partial charge in [0.2, 0.25) is 0 Å². The Morgan fingerprint density at radius 3 is 1.74 bits per heavy atom. The van der Waals surface area contributed by atoms with E-state index in [1.807, 2.05) is 97.1 Å². The number of rotatable bonds is 5. The van der Waals surface area contributed by atoms with Crippen molar-refractivity contribution in [2.75, 3.05) is 0 Å². The summed E-state index contributed by atoms with van der Waals surface area (Å²) in [5.74, 6) is 2.83. The molecule has 0 N–H and O–H groups in total. The van der Waals surface area contributed by atoms with Gasteiger partial charge in [-0.15, -0.1) is 6.42 Å². The Labute approximate surface area is 263 Å². The van der Waals surface area contributed by atoms with Gasteiger partial charge >= 0.3 is 0 Å². The lowest BCUT2D eigenvalue weighted by Crippen LogP contribution is -2.14. The predicted octanol–water partition coefficient (Wildman–Crippen LogP) is 7.30. The first-order valence-electron chi connectivity index (χ1n) is 15.0. The summed E-state index contributed by atoms with van der Waals surface area (Å²) in [5.41, 5.74) is 8.40. The molecular weight excluding hydrogens is 568 g/mol. The van der Waals surface area contributed by atoms with Crippen LogP contribution in [-0.2, 0) is 6.42 Å². The van der Waals surface area contributed by atoms with Crippen LogP contribution >= 0.6 is 0 Å². The summed E-state index contributed by atoms with van der Waals surface area (Å²) in [6.07, 6.45) is 10.3. The second-order valence-electron chi connectivity index (χ2n) is 11.3. The van der Waals surface area contributed by atoms with Crippen LogP contribution in [0.15, 0.2) is 143 Å². The Balaban J connectivity index is 1.19. The molecule has 8 rings (SSSR count). The monoisotopic (exact) mass is 594 g/mol. The van der Waals surface area contributed by atoms with E-state index in [9.17, 15) is 9.59 Å². The number of aromatic nitrogens is 4. The van der Waals surface area contributed by atoms with Crippen LogP contribution in [0.2, 0.25) is 0 Å². The van der Waals surface area contributed by atoms with Gasteiger partial charge in [0.25, 0.3) is 11.1 Å². The van der Waals surface area contributed by atoms with Gasteiger partial charge in [0.1, 0.15) is 11.3 Å². The minimum absolute atomic E-state index is 0.0910. The zero-order valence-electron chi connectivity index (χ0n) is 24.7. The highest BCUT2D eigenvalue weighted by molar-refractivity contribution is 5.87. The highest BCUT2D eigenvalue weighted by Gasteiger charge is 2.18. The number of terminal acetylenes is 1. The van der Waals surface area contributed by atoms with Crippen LogP contribution in [0.3, 0.4) is 0 Å². The van der Waals surface area contributed by atoms with Gasteiger partial charge in [0, 0.05) is 18.3 Å². The van der Waals surface area contributed by atoms with E-state index in [2.05, 4.69) is 30.2 Å². The first kappa shape index (κ1) is 27.2. The number of fused-ring (bicyclic) bond motifs is 4. The van der Waals surface area contributed by atoms with Crippen LogP contribution in [0.1, 0.15) is 17.0 Å². The van der Waals surface area contributed by atoms with Gasteiger partial charge in [-0.05, 0) is 88.3 Å². The Bertz CT molecular complexity index is 2650. The van der Waals surface area contributed by atoms with Crippen LogP contribution in [0, 0.1) is 12.3 Å². The fourth-order valence-electron chi connectivity index (χ4n) is 6.37. The van der Waals surface area contributed by atoms with E-state index in [0.717, 1.165) is 33.4 Å². The van der Waals surface area contributed by atoms with E-state index < -0.39 is 0 Å². The molecule has 1 atom stereocenters. The second-order valence-corrected chi connectivity index (χ2v) is 11.3. The maximum atomic E-state index is 13.1. The first-order chi connectivity index (χ1) is 22.6. The number of benzene rings is 4. The van der Waals surface area contributed by atoms with E-state index in [1.54, 1.807) is 21.2 Å². The minimum atomic E-state index is -0.226. The summed E-state index contributed by atoms with van der Waals surface area (Å²) in [6, 6.07) is 39.0. The lowest BCUT2D eigenvalue weighted by Gasteiger charge is -2.19. The third kappa shape index (κ3) is 4.54. The standard InChI is InChI=1S/C40H26N4O2/c1-2-26(31-13-5-6-14-32(31)29-18-20-34-36(25-29)42-38-16-8-10-22-44(38)40(34)46)23-27-11-3-4-12-30(27)28-17-19-33-35(24-28)41-37-15-7-9-21-43(37)39(33)45/h1,3-22,24-26H,23H2. The van der Waals surface area contributed by atoms with Gasteiger partial charge in [0.05, 0.1) is 21.8 Å². The van der Waals surface area contributed by atoms with Crippen LogP contribution < -0.4 is 11.1 Å². The summed E-state index contributed by atoms with van der Waals surface area (Å²) >= 11 is 0. The van der Waals surface area contributed by atoms with Crippen molar-refractivity contribution in [3.8, 4) is 34.6 Å². The van der Waals surface area contributed by atoms with Gasteiger partial charge in [-0.3, -0.25) is 18.4 Å². The topological polar surface area (TPSA) is 68.7 Å². The maximum Gasteiger partial charge on any atom is 0.265 e. The molecule has 46 heavy (non-hydrogen) atoms. The molecule has 0 aliphatic carbocycles. The summed E-state index contributed by atoms with van der Waals surface area (Å²) in [7, 11) is 0. The SMILES string of the molecule is C#CC(Cc1ccccc1-c1ccc2c(=O)n3ccccc3nc2c1)c1ccccc1-c1ccc2c(=O)n3ccccc3nc2c1. The fraction of sp³-hybridized carbons (Fsp3) is 0.0500. The summed E-state index contributed by atoms with van der Waals surface area (Å²) in [4.78, 5) is 35.8. The van der Waals surface area contributed by atoms with E-state index in [0.29, 0.717) is 39.5 Å². The van der Waals surface area contributed by atoms with Gasteiger partial charge < -0.3 is 0 Å². The first-order valence-corrected chi connectivity index (χ1v) is 15.0. The molecule has 4 aromatic heterocycles. The van der Waals surface area contributed by atoms with Crippen LogP contribution in [0.5, 0.6) is 0 Å². The molecule has 0 aliphatic heterocycles. The summed E-state index contributed by atoms with van der Waals surface area (Å²) < 4.78 is 3.13. The summed E-state index contributed by atoms with van der Waals surface area (Å²) in [5, 5.41) is 1.13. The molecule has 0 radical (unpaired) electrons. The normalized spacial score (nSPS) is 12.1. The summed E-state index contributed by atoms with van der Waals surface area (Å²) in [6.45, 7) is 0. The van der Waals surface area contributed by atoms with Crippen molar-refractivity contribution in [1.29, 1.82) is 0 Å². The highest BCUT2D eigenvalue weighted by atomic mass is 16.1. The zero-order chi connectivity index (χ0) is 31.2. The van der Waals surface area contributed by atoms with Crippen molar-refractivity contribution in [3.63, 3.8) is 0 Å². The molecule has 0 bridgehead atoms. The lowest BCUT2D eigenvalue weighted by atomic mass is 9.85. The predicted molar refractivity (Wildman–Crippen MR) is 184 cm³/mol. The van der Waals surface area contributed by atoms with Crippen LogP contribution in [0.25, 0.3) is 55.4 Å². The molecule has 6 heteroatoms. The Kier molecular flexibility index (Phi) is 6.51. The molecule has 0 amide bonds. The highest BCUT2D eigenvalue weighted by Crippen LogP contribution is 2.35. The average molecular weight is 595 g/mol. The maximum absolute atomic E-state index is 13.1. The van der Waals surface area contributed by atoms with Crippen molar-refractivity contribution in [1.82, 2.24) is 18.8 Å². The molecular formula is C40H26N4O2. The minimum Gasteiger partial charge on any atom is -0.268 e. The van der Waals surface area contributed by atoms with Crippen molar-refractivity contribution >= 4 is 33.1 Å². The molecule has 0 spiro atoms. The smallest absolute Gasteiger partial charge is 0.265 e. The molecule has 0 saturated heterocycles. The Morgan fingerprint density at radius 2 is 1.13 bits per heavy atom. The molecule has 1 unspecified atom stereocenters. The van der Waals surface area contributed by atoms with E-state index in [4.69, 9.17) is 16.4 Å².